The summed E-state index contributed by atoms with van der Waals surface area (Å²) in [5.74, 6) is 0.571. The van der Waals surface area contributed by atoms with E-state index in [9.17, 15) is 5.11 Å². The first-order valence-corrected chi connectivity index (χ1v) is 5.83. The molecule has 5 nitrogen and oxygen atoms in total. The summed E-state index contributed by atoms with van der Waals surface area (Å²) in [7, 11) is 1.56. The highest BCUT2D eigenvalue weighted by molar-refractivity contribution is 5.32. The molecule has 0 aliphatic rings. The summed E-state index contributed by atoms with van der Waals surface area (Å²) >= 11 is 0. The largest absolute Gasteiger partial charge is 0.495 e. The lowest BCUT2D eigenvalue weighted by Gasteiger charge is -2.17. The van der Waals surface area contributed by atoms with Crippen molar-refractivity contribution in [1.82, 2.24) is 14.5 Å². The number of hydrogen-bond acceptors (Lipinski definition) is 4. The van der Waals surface area contributed by atoms with Crippen LogP contribution in [0.2, 0.25) is 0 Å². The van der Waals surface area contributed by atoms with Crippen LogP contribution in [0.3, 0.4) is 0 Å². The maximum absolute atomic E-state index is 10.4. The van der Waals surface area contributed by atoms with Crippen molar-refractivity contribution in [3.05, 3.63) is 42.2 Å². The molecule has 0 radical (unpaired) electrons. The summed E-state index contributed by atoms with van der Waals surface area (Å²) in [5.41, 5.74) is 1.21. The lowest BCUT2D eigenvalue weighted by atomic mass is 10.1. The van der Waals surface area contributed by atoms with Crippen LogP contribution in [-0.4, -0.2) is 26.8 Å². The molecule has 0 aromatic carbocycles. The minimum absolute atomic E-state index is 0.229. The van der Waals surface area contributed by atoms with Gasteiger partial charge in [0.2, 0.25) is 0 Å². The Kier molecular flexibility index (Phi) is 3.62. The van der Waals surface area contributed by atoms with Gasteiger partial charge in [-0.25, -0.2) is 4.98 Å². The zero-order chi connectivity index (χ0) is 13.1. The van der Waals surface area contributed by atoms with E-state index in [0.717, 1.165) is 0 Å². The first kappa shape index (κ1) is 12.6. The van der Waals surface area contributed by atoms with E-state index >= 15 is 0 Å². The maximum Gasteiger partial charge on any atom is 0.143 e. The van der Waals surface area contributed by atoms with E-state index in [0.29, 0.717) is 17.1 Å². The van der Waals surface area contributed by atoms with Gasteiger partial charge in [0.1, 0.15) is 17.5 Å². The predicted molar refractivity (Wildman–Crippen MR) is 67.5 cm³/mol. The third-order valence-electron chi connectivity index (χ3n) is 2.81. The normalized spacial score (nSPS) is 12.7. The van der Waals surface area contributed by atoms with Crippen LogP contribution in [0.15, 0.2) is 30.9 Å². The number of methoxy groups -OCH3 is 1. The minimum atomic E-state index is -0.842. The number of ether oxygens (including phenoxy) is 1. The van der Waals surface area contributed by atoms with E-state index in [2.05, 4.69) is 9.97 Å². The third kappa shape index (κ3) is 2.22. The highest BCUT2D eigenvalue weighted by atomic mass is 16.5. The molecule has 2 rings (SSSR count). The molecule has 2 aromatic heterocycles. The van der Waals surface area contributed by atoms with E-state index in [1.54, 1.807) is 38.0 Å². The number of aromatic nitrogens is 3. The molecular weight excluding hydrogens is 230 g/mol. The number of aliphatic hydroxyl groups is 1. The molecule has 0 aliphatic heterocycles. The van der Waals surface area contributed by atoms with Crippen LogP contribution in [0, 0.1) is 0 Å². The fourth-order valence-corrected chi connectivity index (χ4v) is 1.88. The zero-order valence-electron chi connectivity index (χ0n) is 10.7. The van der Waals surface area contributed by atoms with Gasteiger partial charge in [-0.15, -0.1) is 0 Å². The summed E-state index contributed by atoms with van der Waals surface area (Å²) < 4.78 is 7.13. The average molecular weight is 247 g/mol. The summed E-state index contributed by atoms with van der Waals surface area (Å²) in [6, 6.07) is 3.78. The fraction of sp³-hybridized carbons (Fsp3) is 0.385. The van der Waals surface area contributed by atoms with Gasteiger partial charge >= 0.3 is 0 Å². The van der Waals surface area contributed by atoms with E-state index in [1.807, 2.05) is 18.4 Å². The number of imidazole rings is 1. The molecule has 0 spiro atoms. The quantitative estimate of drug-likeness (QED) is 0.897. The van der Waals surface area contributed by atoms with Crippen LogP contribution in [0.25, 0.3) is 0 Å². The molecule has 1 N–H and O–H groups in total. The van der Waals surface area contributed by atoms with Crippen LogP contribution in [0.4, 0.5) is 0 Å². The predicted octanol–water partition coefficient (Wildman–Crippen LogP) is 1.95. The fourth-order valence-electron chi connectivity index (χ4n) is 1.88. The van der Waals surface area contributed by atoms with Gasteiger partial charge in [-0.2, -0.15) is 0 Å². The van der Waals surface area contributed by atoms with Gasteiger partial charge in [0.15, 0.2) is 0 Å². The Morgan fingerprint density at radius 3 is 2.83 bits per heavy atom. The van der Waals surface area contributed by atoms with Gasteiger partial charge in [-0.05, 0) is 26.0 Å². The van der Waals surface area contributed by atoms with Crippen molar-refractivity contribution in [2.75, 3.05) is 7.11 Å². The first-order chi connectivity index (χ1) is 8.65. The van der Waals surface area contributed by atoms with Crippen LogP contribution >= 0.6 is 0 Å². The van der Waals surface area contributed by atoms with Crippen LogP contribution in [0.5, 0.6) is 5.75 Å². The van der Waals surface area contributed by atoms with E-state index < -0.39 is 6.10 Å². The maximum atomic E-state index is 10.4. The second-order valence-electron chi connectivity index (χ2n) is 4.31. The minimum Gasteiger partial charge on any atom is -0.495 e. The molecule has 5 heteroatoms. The van der Waals surface area contributed by atoms with Crippen molar-refractivity contribution < 1.29 is 9.84 Å². The van der Waals surface area contributed by atoms with Gasteiger partial charge in [-0.3, -0.25) is 4.98 Å². The Morgan fingerprint density at radius 2 is 2.17 bits per heavy atom. The second-order valence-corrected chi connectivity index (χ2v) is 4.31. The van der Waals surface area contributed by atoms with E-state index in [-0.39, 0.29) is 6.04 Å². The molecule has 2 aromatic rings. The molecule has 1 unspecified atom stereocenters. The molecule has 0 saturated heterocycles. The van der Waals surface area contributed by atoms with Crippen molar-refractivity contribution in [3.8, 4) is 5.75 Å². The molecule has 0 aliphatic carbocycles. The van der Waals surface area contributed by atoms with Gasteiger partial charge in [0.05, 0.1) is 25.3 Å². The molecule has 0 bridgehead atoms. The van der Waals surface area contributed by atoms with E-state index in [1.165, 1.54) is 0 Å². The highest BCUT2D eigenvalue weighted by Gasteiger charge is 2.21. The monoisotopic (exact) mass is 247 g/mol. The molecule has 18 heavy (non-hydrogen) atoms. The van der Waals surface area contributed by atoms with Crippen LogP contribution < -0.4 is 4.74 Å². The average Bonchev–Trinajstić information content (AvgIpc) is 2.87. The van der Waals surface area contributed by atoms with Gasteiger partial charge in [-0.1, -0.05) is 0 Å². The molecule has 0 fully saturated rings. The Bertz CT molecular complexity index is 522. The molecule has 2 heterocycles. The molecule has 1 atom stereocenters. The summed E-state index contributed by atoms with van der Waals surface area (Å²) in [5, 5.41) is 10.4. The Balaban J connectivity index is 2.41. The molecule has 0 saturated carbocycles. The van der Waals surface area contributed by atoms with Gasteiger partial charge in [0.25, 0.3) is 0 Å². The third-order valence-corrected chi connectivity index (χ3v) is 2.81. The summed E-state index contributed by atoms with van der Waals surface area (Å²) in [6.45, 7) is 4.07. The number of hydrogen-bond donors (Lipinski definition) is 1. The Morgan fingerprint density at radius 1 is 1.39 bits per heavy atom. The van der Waals surface area contributed by atoms with Crippen molar-refractivity contribution in [3.63, 3.8) is 0 Å². The smallest absolute Gasteiger partial charge is 0.143 e. The highest BCUT2D eigenvalue weighted by Crippen LogP contribution is 2.28. The number of pyridine rings is 1. The molecule has 0 amide bonds. The SMILES string of the molecule is COc1cccnc1C(O)c1cncn1C(C)C. The summed E-state index contributed by atoms with van der Waals surface area (Å²) in [6.07, 6.45) is 4.15. The van der Waals surface area contributed by atoms with Crippen molar-refractivity contribution in [2.45, 2.75) is 26.0 Å². The number of rotatable bonds is 4. The lowest BCUT2D eigenvalue weighted by molar-refractivity contribution is 0.197. The van der Waals surface area contributed by atoms with Crippen molar-refractivity contribution >= 4 is 0 Å². The Labute approximate surface area is 106 Å². The molecule has 96 valence electrons. The molecular formula is C13H17N3O2. The van der Waals surface area contributed by atoms with Crippen molar-refractivity contribution in [2.24, 2.45) is 0 Å². The number of nitrogens with zero attached hydrogens (tertiary/aromatic N) is 3. The number of aliphatic hydroxyl groups excluding tert-OH is 1. The van der Waals surface area contributed by atoms with Gasteiger partial charge in [0, 0.05) is 12.2 Å². The van der Waals surface area contributed by atoms with E-state index in [4.69, 9.17) is 4.74 Å². The summed E-state index contributed by atoms with van der Waals surface area (Å²) in [4.78, 5) is 8.27. The van der Waals surface area contributed by atoms with Crippen LogP contribution in [0.1, 0.15) is 37.4 Å². The van der Waals surface area contributed by atoms with Crippen LogP contribution in [-0.2, 0) is 0 Å². The van der Waals surface area contributed by atoms with Gasteiger partial charge < -0.3 is 14.4 Å². The zero-order valence-corrected chi connectivity index (χ0v) is 10.7. The lowest BCUT2D eigenvalue weighted by Crippen LogP contribution is -2.12. The van der Waals surface area contributed by atoms with Crippen molar-refractivity contribution in [1.29, 1.82) is 0 Å². The first-order valence-electron chi connectivity index (χ1n) is 5.83. The second kappa shape index (κ2) is 5.18. The Hall–Kier alpha value is -1.88. The standard InChI is InChI=1S/C13H17N3O2/c1-9(2)16-8-14-7-10(16)13(17)12-11(18-3)5-4-6-15-12/h4-9,13,17H,1-3H3. The topological polar surface area (TPSA) is 60.2 Å².